The fourth-order valence-corrected chi connectivity index (χ4v) is 2.51. The molecule has 0 spiro atoms. The van der Waals surface area contributed by atoms with Crippen molar-refractivity contribution in [2.24, 2.45) is 12.8 Å². The van der Waals surface area contributed by atoms with Crippen molar-refractivity contribution < 1.29 is 4.74 Å². The Morgan fingerprint density at radius 1 is 1.20 bits per heavy atom. The van der Waals surface area contributed by atoms with Crippen LogP contribution in [0.3, 0.4) is 0 Å². The second-order valence-corrected chi connectivity index (χ2v) is 5.31. The van der Waals surface area contributed by atoms with E-state index in [1.54, 1.807) is 0 Å². The summed E-state index contributed by atoms with van der Waals surface area (Å²) in [7, 11) is 1.99. The molecule has 0 aliphatic heterocycles. The van der Waals surface area contributed by atoms with Crippen LogP contribution in [0.15, 0.2) is 18.3 Å². The van der Waals surface area contributed by atoms with Crippen molar-refractivity contribution in [3.05, 3.63) is 46.5 Å². The van der Waals surface area contributed by atoms with Gasteiger partial charge in [0.1, 0.15) is 18.2 Å². The van der Waals surface area contributed by atoms with Crippen LogP contribution >= 0.6 is 0 Å². The van der Waals surface area contributed by atoms with E-state index >= 15 is 0 Å². The van der Waals surface area contributed by atoms with E-state index in [0.717, 1.165) is 23.7 Å². The van der Waals surface area contributed by atoms with Gasteiger partial charge in [-0.3, -0.25) is 0 Å². The van der Waals surface area contributed by atoms with Crippen LogP contribution in [0.25, 0.3) is 0 Å². The highest BCUT2D eigenvalue weighted by atomic mass is 16.5. The smallest absolute Gasteiger partial charge is 0.146 e. The number of hydrogen-bond acceptors (Lipinski definition) is 3. The van der Waals surface area contributed by atoms with Crippen LogP contribution in [0.2, 0.25) is 0 Å². The molecule has 1 aromatic heterocycles. The first-order valence-corrected chi connectivity index (χ1v) is 6.93. The standard InChI is InChI=1S/C16H23N3O/c1-11-7-12(2)16(13(3)8-11)20-10-15-18-14(5-6-17)9-19(15)4/h7-9H,5-6,10,17H2,1-4H3. The van der Waals surface area contributed by atoms with Gasteiger partial charge < -0.3 is 15.0 Å². The molecule has 1 heterocycles. The summed E-state index contributed by atoms with van der Waals surface area (Å²) in [6, 6.07) is 4.28. The molecule has 2 aromatic rings. The Labute approximate surface area is 120 Å². The van der Waals surface area contributed by atoms with Gasteiger partial charge in [-0.05, 0) is 38.4 Å². The second-order valence-electron chi connectivity index (χ2n) is 5.31. The molecular formula is C16H23N3O. The maximum atomic E-state index is 5.97. The molecule has 0 radical (unpaired) electrons. The lowest BCUT2D eigenvalue weighted by Crippen LogP contribution is -2.05. The number of nitrogens with two attached hydrogens (primary N) is 1. The predicted octanol–water partition coefficient (Wildman–Crippen LogP) is 2.43. The van der Waals surface area contributed by atoms with E-state index in [-0.39, 0.29) is 0 Å². The molecule has 0 fully saturated rings. The van der Waals surface area contributed by atoms with Crippen LogP contribution in [0.1, 0.15) is 28.2 Å². The summed E-state index contributed by atoms with van der Waals surface area (Å²) in [5.41, 5.74) is 10.2. The number of hydrogen-bond donors (Lipinski definition) is 1. The van der Waals surface area contributed by atoms with Crippen LogP contribution in [0, 0.1) is 20.8 Å². The maximum absolute atomic E-state index is 5.97. The van der Waals surface area contributed by atoms with Gasteiger partial charge >= 0.3 is 0 Å². The number of ether oxygens (including phenoxy) is 1. The number of nitrogens with zero attached hydrogens (tertiary/aromatic N) is 2. The zero-order chi connectivity index (χ0) is 14.7. The van der Waals surface area contributed by atoms with Gasteiger partial charge in [0.15, 0.2) is 0 Å². The third kappa shape index (κ3) is 3.20. The van der Waals surface area contributed by atoms with Gasteiger partial charge in [0, 0.05) is 19.7 Å². The Balaban J connectivity index is 2.13. The van der Waals surface area contributed by atoms with Crippen LogP contribution < -0.4 is 10.5 Å². The van der Waals surface area contributed by atoms with E-state index in [2.05, 4.69) is 37.9 Å². The highest BCUT2D eigenvalue weighted by molar-refractivity contribution is 5.42. The lowest BCUT2D eigenvalue weighted by atomic mass is 10.1. The van der Waals surface area contributed by atoms with Crippen molar-refractivity contribution in [3.8, 4) is 5.75 Å². The summed E-state index contributed by atoms with van der Waals surface area (Å²) in [5.74, 6) is 1.88. The van der Waals surface area contributed by atoms with Gasteiger partial charge in [-0.25, -0.2) is 4.98 Å². The summed E-state index contributed by atoms with van der Waals surface area (Å²) in [4.78, 5) is 4.55. The number of rotatable bonds is 5. The van der Waals surface area contributed by atoms with E-state index in [1.165, 1.54) is 16.7 Å². The molecule has 4 nitrogen and oxygen atoms in total. The molecule has 0 bridgehead atoms. The van der Waals surface area contributed by atoms with Gasteiger partial charge in [-0.2, -0.15) is 0 Å². The summed E-state index contributed by atoms with van der Waals surface area (Å²) in [5, 5.41) is 0. The van der Waals surface area contributed by atoms with Crippen molar-refractivity contribution in [1.82, 2.24) is 9.55 Å². The largest absolute Gasteiger partial charge is 0.485 e. The first-order chi connectivity index (χ1) is 9.51. The molecule has 0 aliphatic carbocycles. The van der Waals surface area contributed by atoms with Crippen molar-refractivity contribution in [3.63, 3.8) is 0 Å². The van der Waals surface area contributed by atoms with Crippen molar-refractivity contribution in [2.75, 3.05) is 6.54 Å². The zero-order valence-electron chi connectivity index (χ0n) is 12.7. The van der Waals surface area contributed by atoms with E-state index in [9.17, 15) is 0 Å². The van der Waals surface area contributed by atoms with Crippen LogP contribution in [0.4, 0.5) is 0 Å². The SMILES string of the molecule is Cc1cc(C)c(OCc2nc(CCN)cn2C)c(C)c1. The maximum Gasteiger partial charge on any atom is 0.146 e. The molecule has 2 N–H and O–H groups in total. The van der Waals surface area contributed by atoms with E-state index in [1.807, 2.05) is 17.8 Å². The summed E-state index contributed by atoms with van der Waals surface area (Å²) >= 11 is 0. The first kappa shape index (κ1) is 14.6. The molecule has 0 amide bonds. The van der Waals surface area contributed by atoms with Gasteiger partial charge in [-0.15, -0.1) is 0 Å². The van der Waals surface area contributed by atoms with E-state index < -0.39 is 0 Å². The quantitative estimate of drug-likeness (QED) is 0.910. The fourth-order valence-electron chi connectivity index (χ4n) is 2.51. The number of imidazole rings is 1. The molecule has 20 heavy (non-hydrogen) atoms. The van der Waals surface area contributed by atoms with Gasteiger partial charge in [-0.1, -0.05) is 17.7 Å². The number of aryl methyl sites for hydroxylation is 4. The topological polar surface area (TPSA) is 53.1 Å². The zero-order valence-corrected chi connectivity index (χ0v) is 12.7. The molecular weight excluding hydrogens is 250 g/mol. The third-order valence-corrected chi connectivity index (χ3v) is 3.37. The van der Waals surface area contributed by atoms with Crippen molar-refractivity contribution in [2.45, 2.75) is 33.8 Å². The monoisotopic (exact) mass is 273 g/mol. The average molecular weight is 273 g/mol. The Morgan fingerprint density at radius 2 is 1.85 bits per heavy atom. The molecule has 2 rings (SSSR count). The molecule has 0 aliphatic rings. The fraction of sp³-hybridized carbons (Fsp3) is 0.438. The normalized spacial score (nSPS) is 10.8. The molecule has 0 saturated carbocycles. The second kappa shape index (κ2) is 6.09. The Bertz CT molecular complexity index is 579. The van der Waals surface area contributed by atoms with Gasteiger partial charge in [0.05, 0.1) is 5.69 Å². The third-order valence-electron chi connectivity index (χ3n) is 3.37. The minimum Gasteiger partial charge on any atom is -0.485 e. The van der Waals surface area contributed by atoms with Crippen LogP contribution in [-0.4, -0.2) is 16.1 Å². The van der Waals surface area contributed by atoms with Gasteiger partial charge in [0.2, 0.25) is 0 Å². The van der Waals surface area contributed by atoms with Crippen LogP contribution in [0.5, 0.6) is 5.75 Å². The Hall–Kier alpha value is -1.81. The number of aromatic nitrogens is 2. The van der Waals surface area contributed by atoms with Crippen molar-refractivity contribution in [1.29, 1.82) is 0 Å². The van der Waals surface area contributed by atoms with E-state index in [4.69, 9.17) is 10.5 Å². The Morgan fingerprint density at radius 3 is 2.45 bits per heavy atom. The average Bonchev–Trinajstić information content (AvgIpc) is 2.69. The van der Waals surface area contributed by atoms with Crippen molar-refractivity contribution >= 4 is 0 Å². The molecule has 0 atom stereocenters. The lowest BCUT2D eigenvalue weighted by molar-refractivity contribution is 0.287. The molecule has 0 saturated heterocycles. The molecule has 108 valence electrons. The lowest BCUT2D eigenvalue weighted by Gasteiger charge is -2.12. The van der Waals surface area contributed by atoms with Gasteiger partial charge in [0.25, 0.3) is 0 Å². The molecule has 4 heteroatoms. The molecule has 1 aromatic carbocycles. The predicted molar refractivity (Wildman–Crippen MR) is 81.0 cm³/mol. The molecule has 0 unspecified atom stereocenters. The first-order valence-electron chi connectivity index (χ1n) is 6.93. The highest BCUT2D eigenvalue weighted by Gasteiger charge is 2.09. The van der Waals surface area contributed by atoms with E-state index in [0.29, 0.717) is 13.2 Å². The summed E-state index contributed by atoms with van der Waals surface area (Å²) in [6.07, 6.45) is 2.82. The number of benzene rings is 1. The van der Waals surface area contributed by atoms with Crippen LogP contribution in [-0.2, 0) is 20.1 Å². The minimum atomic E-state index is 0.478. The minimum absolute atomic E-state index is 0.478. The Kier molecular flexibility index (Phi) is 4.45. The highest BCUT2D eigenvalue weighted by Crippen LogP contribution is 2.25. The summed E-state index contributed by atoms with van der Waals surface area (Å²) in [6.45, 7) is 7.35. The summed E-state index contributed by atoms with van der Waals surface area (Å²) < 4.78 is 7.97.